The number of thiophene rings is 1. The molecular weight excluding hydrogens is 362 g/mol. The monoisotopic (exact) mass is 377 g/mol. The third-order valence-electron chi connectivity index (χ3n) is 3.88. The largest absolute Gasteiger partial charge is 0.304 e. The molecule has 0 fully saturated rings. The summed E-state index contributed by atoms with van der Waals surface area (Å²) < 4.78 is 0. The Kier molecular flexibility index (Phi) is 4.95. The number of carbonyl (C=O) groups excluding carboxylic acids is 1. The summed E-state index contributed by atoms with van der Waals surface area (Å²) in [5, 5.41) is 16.3. The van der Waals surface area contributed by atoms with Crippen LogP contribution < -0.4 is 5.32 Å². The molecular formula is C20H15N3OS2. The highest BCUT2D eigenvalue weighted by Crippen LogP contribution is 2.26. The van der Waals surface area contributed by atoms with E-state index in [0.717, 1.165) is 10.8 Å². The van der Waals surface area contributed by atoms with Crippen molar-refractivity contribution in [2.45, 2.75) is 10.8 Å². The number of benzene rings is 2. The first-order chi connectivity index (χ1) is 12.8. The lowest BCUT2D eigenvalue weighted by Gasteiger charge is -2.06. The van der Waals surface area contributed by atoms with Crippen molar-refractivity contribution in [1.82, 2.24) is 10.2 Å². The summed E-state index contributed by atoms with van der Waals surface area (Å²) in [6, 6.07) is 22.0. The van der Waals surface area contributed by atoms with Gasteiger partial charge in [-0.1, -0.05) is 60.3 Å². The lowest BCUT2D eigenvalue weighted by molar-refractivity contribution is 0.103. The molecule has 2 aromatic heterocycles. The number of nitrogens with one attached hydrogen (secondary N) is 1. The second kappa shape index (κ2) is 7.68. The highest BCUT2D eigenvalue weighted by Gasteiger charge is 2.08. The Bertz CT molecular complexity index is 1030. The van der Waals surface area contributed by atoms with Crippen molar-refractivity contribution in [3.8, 4) is 0 Å². The Hall–Kier alpha value is -2.70. The van der Waals surface area contributed by atoms with E-state index in [1.165, 1.54) is 27.7 Å². The smallest absolute Gasteiger partial charge is 0.266 e. The summed E-state index contributed by atoms with van der Waals surface area (Å²) in [6.45, 7) is 0. The second-order valence-corrected chi connectivity index (χ2v) is 7.56. The van der Waals surface area contributed by atoms with E-state index in [-0.39, 0.29) is 5.91 Å². The molecule has 4 rings (SSSR count). The van der Waals surface area contributed by atoms with Crippen LogP contribution in [0.15, 0.2) is 77.1 Å². The standard InChI is InChI=1S/C20H15N3OS2/c24-20(17-9-4-12-25-17)21-18-10-11-19(23-22-18)26-13-15-7-3-6-14-5-1-2-8-16(14)15/h1-12H,13H2,(H,21,22,24). The molecule has 0 saturated heterocycles. The van der Waals surface area contributed by atoms with Gasteiger partial charge in [0.15, 0.2) is 5.82 Å². The van der Waals surface area contributed by atoms with Gasteiger partial charge in [-0.15, -0.1) is 21.5 Å². The molecule has 0 aliphatic rings. The van der Waals surface area contributed by atoms with Gasteiger partial charge in [-0.2, -0.15) is 0 Å². The minimum Gasteiger partial charge on any atom is -0.304 e. The quantitative estimate of drug-likeness (QED) is 0.484. The number of hydrogen-bond acceptors (Lipinski definition) is 5. The van der Waals surface area contributed by atoms with E-state index in [1.807, 2.05) is 23.6 Å². The Morgan fingerprint density at radius 2 is 1.85 bits per heavy atom. The summed E-state index contributed by atoms with van der Waals surface area (Å²) in [4.78, 5) is 12.7. The number of fused-ring (bicyclic) bond motifs is 1. The number of amides is 1. The van der Waals surface area contributed by atoms with Crippen molar-refractivity contribution in [3.63, 3.8) is 0 Å². The first-order valence-electron chi connectivity index (χ1n) is 8.07. The Morgan fingerprint density at radius 1 is 0.962 bits per heavy atom. The van der Waals surface area contributed by atoms with Crippen LogP contribution in [0.5, 0.6) is 0 Å². The van der Waals surface area contributed by atoms with Gasteiger partial charge in [0.25, 0.3) is 5.91 Å². The molecule has 0 aliphatic carbocycles. The van der Waals surface area contributed by atoms with E-state index in [1.54, 1.807) is 23.9 Å². The highest BCUT2D eigenvalue weighted by atomic mass is 32.2. The fourth-order valence-corrected chi connectivity index (χ4v) is 4.06. The van der Waals surface area contributed by atoms with Crippen LogP contribution in [-0.2, 0) is 5.75 Å². The third-order valence-corrected chi connectivity index (χ3v) is 5.72. The Morgan fingerprint density at radius 3 is 2.65 bits per heavy atom. The fourth-order valence-electron chi connectivity index (χ4n) is 2.62. The SMILES string of the molecule is O=C(Nc1ccc(SCc2cccc3ccccc23)nn1)c1cccs1. The van der Waals surface area contributed by atoms with E-state index in [4.69, 9.17) is 0 Å². The topological polar surface area (TPSA) is 54.9 Å². The van der Waals surface area contributed by atoms with Gasteiger partial charge in [-0.3, -0.25) is 4.79 Å². The third kappa shape index (κ3) is 3.76. The molecule has 0 aliphatic heterocycles. The molecule has 6 heteroatoms. The maximum Gasteiger partial charge on any atom is 0.266 e. The number of anilines is 1. The van der Waals surface area contributed by atoms with Crippen molar-refractivity contribution in [3.05, 3.63) is 82.6 Å². The van der Waals surface area contributed by atoms with Gasteiger partial charge in [0.2, 0.25) is 0 Å². The van der Waals surface area contributed by atoms with Gasteiger partial charge < -0.3 is 5.32 Å². The first-order valence-corrected chi connectivity index (χ1v) is 9.94. The maximum absolute atomic E-state index is 12.0. The zero-order valence-corrected chi connectivity index (χ0v) is 15.4. The molecule has 26 heavy (non-hydrogen) atoms. The number of hydrogen-bond donors (Lipinski definition) is 1. The molecule has 0 spiro atoms. The van der Waals surface area contributed by atoms with Gasteiger partial charge in [0.05, 0.1) is 4.88 Å². The molecule has 2 aromatic carbocycles. The number of aromatic nitrogens is 2. The van der Waals surface area contributed by atoms with Crippen LogP contribution in [0.1, 0.15) is 15.2 Å². The Balaban J connectivity index is 1.42. The number of thioether (sulfide) groups is 1. The molecule has 0 atom stereocenters. The summed E-state index contributed by atoms with van der Waals surface area (Å²) in [6.07, 6.45) is 0. The number of carbonyl (C=O) groups is 1. The molecule has 0 radical (unpaired) electrons. The second-order valence-electron chi connectivity index (χ2n) is 5.62. The number of rotatable bonds is 5. The fraction of sp³-hybridized carbons (Fsp3) is 0.0500. The molecule has 1 N–H and O–H groups in total. The predicted molar refractivity (Wildman–Crippen MR) is 108 cm³/mol. The molecule has 128 valence electrons. The normalized spacial score (nSPS) is 10.8. The lowest BCUT2D eigenvalue weighted by Crippen LogP contribution is -2.11. The van der Waals surface area contributed by atoms with Gasteiger partial charge in [0, 0.05) is 5.75 Å². The zero-order valence-electron chi connectivity index (χ0n) is 13.8. The van der Waals surface area contributed by atoms with Crippen molar-refractivity contribution in [1.29, 1.82) is 0 Å². The van der Waals surface area contributed by atoms with E-state index >= 15 is 0 Å². The van der Waals surface area contributed by atoms with Crippen LogP contribution in [0.4, 0.5) is 5.82 Å². The molecule has 1 amide bonds. The molecule has 0 bridgehead atoms. The Labute approximate surface area is 159 Å². The van der Waals surface area contributed by atoms with Crippen LogP contribution in [0.2, 0.25) is 0 Å². The van der Waals surface area contributed by atoms with Crippen molar-refractivity contribution < 1.29 is 4.79 Å². The highest BCUT2D eigenvalue weighted by molar-refractivity contribution is 7.98. The van der Waals surface area contributed by atoms with E-state index < -0.39 is 0 Å². The van der Waals surface area contributed by atoms with Gasteiger partial charge in [-0.25, -0.2) is 0 Å². The van der Waals surface area contributed by atoms with Crippen molar-refractivity contribution >= 4 is 45.6 Å². The molecule has 2 heterocycles. The van der Waals surface area contributed by atoms with Crippen molar-refractivity contribution in [2.75, 3.05) is 5.32 Å². The van der Waals surface area contributed by atoms with Gasteiger partial charge in [-0.05, 0) is 39.9 Å². The van der Waals surface area contributed by atoms with E-state index in [0.29, 0.717) is 10.7 Å². The molecule has 4 aromatic rings. The van der Waals surface area contributed by atoms with Crippen LogP contribution in [-0.4, -0.2) is 16.1 Å². The summed E-state index contributed by atoms with van der Waals surface area (Å²) in [5.41, 5.74) is 1.27. The first kappa shape index (κ1) is 16.8. The summed E-state index contributed by atoms with van der Waals surface area (Å²) in [7, 11) is 0. The van der Waals surface area contributed by atoms with Crippen molar-refractivity contribution in [2.24, 2.45) is 0 Å². The van der Waals surface area contributed by atoms with Gasteiger partial charge >= 0.3 is 0 Å². The van der Waals surface area contributed by atoms with Crippen LogP contribution in [0, 0.1) is 0 Å². The average Bonchev–Trinajstić information content (AvgIpc) is 3.22. The van der Waals surface area contributed by atoms with Crippen LogP contribution >= 0.6 is 23.1 Å². The maximum atomic E-state index is 12.0. The van der Waals surface area contributed by atoms with E-state index in [9.17, 15) is 4.79 Å². The molecule has 4 nitrogen and oxygen atoms in total. The lowest BCUT2D eigenvalue weighted by atomic mass is 10.1. The minimum atomic E-state index is -0.162. The molecule has 0 unspecified atom stereocenters. The average molecular weight is 377 g/mol. The zero-order chi connectivity index (χ0) is 17.8. The minimum absolute atomic E-state index is 0.162. The summed E-state index contributed by atoms with van der Waals surface area (Å²) in [5.74, 6) is 1.11. The van der Waals surface area contributed by atoms with Crippen LogP contribution in [0.25, 0.3) is 10.8 Å². The predicted octanol–water partition coefficient (Wildman–Crippen LogP) is 5.24. The van der Waals surface area contributed by atoms with Crippen LogP contribution in [0.3, 0.4) is 0 Å². The van der Waals surface area contributed by atoms with E-state index in [2.05, 4.69) is 51.9 Å². The molecule has 0 saturated carbocycles. The van der Waals surface area contributed by atoms with Gasteiger partial charge in [0.1, 0.15) is 5.03 Å². The summed E-state index contributed by atoms with van der Waals surface area (Å²) >= 11 is 3.03. The number of nitrogens with zero attached hydrogens (tertiary/aromatic N) is 2.